The average molecular weight is 324 g/mol. The largest absolute Gasteiger partial charge is 0.493 e. The van der Waals surface area contributed by atoms with Gasteiger partial charge in [-0.2, -0.15) is 0 Å². The first-order valence-electron chi connectivity index (χ1n) is 6.93. The summed E-state index contributed by atoms with van der Waals surface area (Å²) in [5, 5.41) is 0.412. The highest BCUT2D eigenvalue weighted by Crippen LogP contribution is 2.30. The lowest BCUT2D eigenvalue weighted by molar-refractivity contribution is 0.354. The van der Waals surface area contributed by atoms with Crippen molar-refractivity contribution in [1.29, 1.82) is 0 Å². The SMILES string of the molecule is COc1ccc(CCN(C)c2c(F)cccc2Cl)cc1OC. The van der Waals surface area contributed by atoms with E-state index in [1.165, 1.54) is 6.07 Å². The minimum atomic E-state index is -0.317. The van der Waals surface area contributed by atoms with Gasteiger partial charge in [-0.1, -0.05) is 23.7 Å². The molecule has 2 rings (SSSR count). The lowest BCUT2D eigenvalue weighted by Gasteiger charge is -2.21. The number of hydrogen-bond acceptors (Lipinski definition) is 3. The van der Waals surface area contributed by atoms with Crippen LogP contribution in [0.5, 0.6) is 11.5 Å². The maximum absolute atomic E-state index is 13.9. The molecule has 0 atom stereocenters. The van der Waals surface area contributed by atoms with Crippen LogP contribution in [0.3, 0.4) is 0 Å². The number of ether oxygens (including phenoxy) is 2. The Morgan fingerprint density at radius 1 is 1.09 bits per heavy atom. The van der Waals surface area contributed by atoms with Gasteiger partial charge in [-0.05, 0) is 36.2 Å². The first-order chi connectivity index (χ1) is 10.6. The van der Waals surface area contributed by atoms with Crippen LogP contribution in [-0.2, 0) is 6.42 Å². The molecule has 0 aliphatic carbocycles. The van der Waals surface area contributed by atoms with Crippen molar-refractivity contribution in [3.05, 3.63) is 52.8 Å². The number of nitrogens with zero attached hydrogens (tertiary/aromatic N) is 1. The smallest absolute Gasteiger partial charge is 0.160 e. The fourth-order valence-corrected chi connectivity index (χ4v) is 2.61. The Hall–Kier alpha value is -1.94. The predicted molar refractivity (Wildman–Crippen MR) is 87.9 cm³/mol. The van der Waals surface area contributed by atoms with Gasteiger partial charge < -0.3 is 14.4 Å². The molecule has 0 unspecified atom stereocenters. The van der Waals surface area contributed by atoms with Gasteiger partial charge in [0.05, 0.1) is 24.9 Å². The van der Waals surface area contributed by atoms with Crippen LogP contribution < -0.4 is 14.4 Å². The van der Waals surface area contributed by atoms with Crippen LogP contribution in [0, 0.1) is 5.82 Å². The maximum Gasteiger partial charge on any atom is 0.160 e. The van der Waals surface area contributed by atoms with Crippen molar-refractivity contribution in [2.75, 3.05) is 32.7 Å². The van der Waals surface area contributed by atoms with E-state index >= 15 is 0 Å². The molecule has 0 aromatic heterocycles. The summed E-state index contributed by atoms with van der Waals surface area (Å²) in [7, 11) is 5.03. The Balaban J connectivity index is 2.09. The number of halogens is 2. The fourth-order valence-electron chi connectivity index (χ4n) is 2.30. The number of anilines is 1. The van der Waals surface area contributed by atoms with E-state index in [0.717, 1.165) is 12.0 Å². The van der Waals surface area contributed by atoms with E-state index in [4.69, 9.17) is 21.1 Å². The molecule has 0 saturated heterocycles. The second-order valence-electron chi connectivity index (χ2n) is 4.93. The van der Waals surface area contributed by atoms with Crippen LogP contribution in [0.4, 0.5) is 10.1 Å². The second-order valence-corrected chi connectivity index (χ2v) is 5.34. The first-order valence-corrected chi connectivity index (χ1v) is 7.30. The summed E-state index contributed by atoms with van der Waals surface area (Å²) in [6.07, 6.45) is 0.738. The minimum absolute atomic E-state index is 0.317. The van der Waals surface area contributed by atoms with E-state index in [1.807, 2.05) is 30.1 Å². The quantitative estimate of drug-likeness (QED) is 0.796. The van der Waals surface area contributed by atoms with Crippen LogP contribution in [-0.4, -0.2) is 27.8 Å². The molecule has 0 saturated carbocycles. The lowest BCUT2D eigenvalue weighted by Crippen LogP contribution is -2.21. The van der Waals surface area contributed by atoms with Crippen LogP contribution in [0.15, 0.2) is 36.4 Å². The van der Waals surface area contributed by atoms with Crippen LogP contribution in [0.25, 0.3) is 0 Å². The van der Waals surface area contributed by atoms with Gasteiger partial charge in [0, 0.05) is 13.6 Å². The zero-order valence-electron chi connectivity index (χ0n) is 12.9. The molecule has 5 heteroatoms. The van der Waals surface area contributed by atoms with Crippen LogP contribution in [0.1, 0.15) is 5.56 Å². The zero-order valence-corrected chi connectivity index (χ0v) is 13.7. The summed E-state index contributed by atoms with van der Waals surface area (Å²) >= 11 is 6.08. The third-order valence-corrected chi connectivity index (χ3v) is 3.81. The third kappa shape index (κ3) is 3.63. The molecule has 0 bridgehead atoms. The molecule has 2 aromatic carbocycles. The third-order valence-electron chi connectivity index (χ3n) is 3.50. The normalized spacial score (nSPS) is 10.4. The van der Waals surface area contributed by atoms with Gasteiger partial charge in [-0.25, -0.2) is 4.39 Å². The van der Waals surface area contributed by atoms with Gasteiger partial charge in [0.1, 0.15) is 5.82 Å². The minimum Gasteiger partial charge on any atom is -0.493 e. The van der Waals surface area contributed by atoms with Gasteiger partial charge >= 0.3 is 0 Å². The molecule has 3 nitrogen and oxygen atoms in total. The molecule has 0 spiro atoms. The summed E-state index contributed by atoms with van der Waals surface area (Å²) in [5.74, 6) is 1.06. The number of methoxy groups -OCH3 is 2. The number of benzene rings is 2. The van der Waals surface area contributed by atoms with E-state index in [2.05, 4.69) is 0 Å². The van der Waals surface area contributed by atoms with Crippen molar-refractivity contribution in [3.63, 3.8) is 0 Å². The molecule has 0 heterocycles. The highest BCUT2D eigenvalue weighted by Gasteiger charge is 2.12. The molecular weight excluding hydrogens is 305 g/mol. The van der Waals surface area contributed by atoms with Gasteiger partial charge in [0.2, 0.25) is 0 Å². The molecule has 118 valence electrons. The van der Waals surface area contributed by atoms with Crippen LogP contribution in [0.2, 0.25) is 5.02 Å². The van der Waals surface area contributed by atoms with E-state index in [9.17, 15) is 4.39 Å². The molecule has 0 radical (unpaired) electrons. The van der Waals surface area contributed by atoms with Gasteiger partial charge in [-0.3, -0.25) is 0 Å². The fraction of sp³-hybridized carbons (Fsp3) is 0.294. The summed E-state index contributed by atoms with van der Waals surface area (Å²) < 4.78 is 24.4. The predicted octanol–water partition coefficient (Wildman–Crippen LogP) is 4.18. The maximum atomic E-state index is 13.9. The topological polar surface area (TPSA) is 21.7 Å². The van der Waals surface area contributed by atoms with Gasteiger partial charge in [0.15, 0.2) is 11.5 Å². The van der Waals surface area contributed by atoms with Crippen molar-refractivity contribution in [3.8, 4) is 11.5 Å². The lowest BCUT2D eigenvalue weighted by atomic mass is 10.1. The van der Waals surface area contributed by atoms with E-state index in [-0.39, 0.29) is 5.82 Å². The number of hydrogen-bond donors (Lipinski definition) is 0. The Morgan fingerprint density at radius 3 is 2.45 bits per heavy atom. The molecule has 2 aromatic rings. The molecule has 0 fully saturated rings. The van der Waals surface area contributed by atoms with Crippen molar-refractivity contribution in [2.24, 2.45) is 0 Å². The second kappa shape index (κ2) is 7.36. The first kappa shape index (κ1) is 16.4. The Bertz CT molecular complexity index is 628. The van der Waals surface area contributed by atoms with Crippen LogP contribution >= 0.6 is 11.6 Å². The highest BCUT2D eigenvalue weighted by atomic mass is 35.5. The summed E-state index contributed by atoms with van der Waals surface area (Å²) in [6, 6.07) is 10.5. The Labute approximate surface area is 135 Å². The van der Waals surface area contributed by atoms with E-state index in [1.54, 1.807) is 26.4 Å². The molecule has 0 aliphatic heterocycles. The molecule has 22 heavy (non-hydrogen) atoms. The number of para-hydroxylation sites is 1. The Morgan fingerprint density at radius 2 is 1.82 bits per heavy atom. The van der Waals surface area contributed by atoms with Gasteiger partial charge in [0.25, 0.3) is 0 Å². The summed E-state index contributed by atoms with van der Waals surface area (Å²) in [5.41, 5.74) is 1.50. The molecule has 0 N–H and O–H groups in total. The highest BCUT2D eigenvalue weighted by molar-refractivity contribution is 6.33. The van der Waals surface area contributed by atoms with E-state index in [0.29, 0.717) is 28.8 Å². The van der Waals surface area contributed by atoms with Crippen molar-refractivity contribution >= 4 is 17.3 Å². The average Bonchev–Trinajstić information content (AvgIpc) is 2.52. The monoisotopic (exact) mass is 323 g/mol. The molecule has 0 aliphatic rings. The Kier molecular flexibility index (Phi) is 5.50. The van der Waals surface area contributed by atoms with Crippen molar-refractivity contribution < 1.29 is 13.9 Å². The molecule has 0 amide bonds. The van der Waals surface area contributed by atoms with Crippen molar-refractivity contribution in [2.45, 2.75) is 6.42 Å². The zero-order chi connectivity index (χ0) is 16.1. The standard InChI is InChI=1S/C17H19ClFNO2/c1-20(17-13(18)5-4-6-14(17)19)10-9-12-7-8-15(21-2)16(11-12)22-3/h4-8,11H,9-10H2,1-3H3. The summed E-state index contributed by atoms with van der Waals surface area (Å²) in [6.45, 7) is 0.635. The van der Waals surface area contributed by atoms with Crippen molar-refractivity contribution in [1.82, 2.24) is 0 Å². The molecular formula is C17H19ClFNO2. The number of rotatable bonds is 6. The van der Waals surface area contributed by atoms with Gasteiger partial charge in [-0.15, -0.1) is 0 Å². The summed E-state index contributed by atoms with van der Waals surface area (Å²) in [4.78, 5) is 1.81. The van der Waals surface area contributed by atoms with E-state index < -0.39 is 0 Å². The number of likely N-dealkylation sites (N-methyl/N-ethyl adjacent to an activating group) is 1.